The summed E-state index contributed by atoms with van der Waals surface area (Å²) in [6.45, 7) is 0. The number of rotatable bonds is 4. The Balaban J connectivity index is 1.88. The normalized spacial score (nSPS) is 22.2. The molecule has 2 aliphatic carbocycles. The van der Waals surface area contributed by atoms with Gasteiger partial charge in [-0.25, -0.2) is 4.79 Å². The zero-order chi connectivity index (χ0) is 12.3. The van der Waals surface area contributed by atoms with Gasteiger partial charge in [-0.05, 0) is 44.9 Å². The molecular weight excluding hydrogens is 218 g/mol. The second-order valence-electron chi connectivity index (χ2n) is 5.07. The molecule has 0 saturated heterocycles. The fourth-order valence-electron chi connectivity index (χ4n) is 2.51. The maximum atomic E-state index is 11.8. The van der Waals surface area contributed by atoms with Gasteiger partial charge in [-0.15, -0.1) is 0 Å². The Morgan fingerprint density at radius 2 is 2.06 bits per heavy atom. The van der Waals surface area contributed by atoms with Crippen LogP contribution in [-0.4, -0.2) is 22.5 Å². The van der Waals surface area contributed by atoms with Crippen molar-refractivity contribution >= 4 is 11.9 Å². The number of amides is 1. The second-order valence-corrected chi connectivity index (χ2v) is 5.07. The van der Waals surface area contributed by atoms with Crippen molar-refractivity contribution < 1.29 is 14.7 Å². The summed E-state index contributed by atoms with van der Waals surface area (Å²) < 4.78 is 0. The quantitative estimate of drug-likeness (QED) is 0.735. The van der Waals surface area contributed by atoms with E-state index in [1.807, 2.05) is 0 Å². The smallest absolute Gasteiger partial charge is 0.329 e. The third-order valence-corrected chi connectivity index (χ3v) is 3.77. The van der Waals surface area contributed by atoms with E-state index in [1.54, 1.807) is 0 Å². The Kier molecular flexibility index (Phi) is 3.50. The fourth-order valence-corrected chi connectivity index (χ4v) is 2.51. The van der Waals surface area contributed by atoms with Crippen LogP contribution in [0, 0.1) is 0 Å². The first-order chi connectivity index (χ1) is 8.12. The van der Waals surface area contributed by atoms with Crippen molar-refractivity contribution in [3.05, 3.63) is 11.6 Å². The van der Waals surface area contributed by atoms with Gasteiger partial charge < -0.3 is 10.4 Å². The number of carbonyl (C=O) groups excluding carboxylic acids is 1. The van der Waals surface area contributed by atoms with Crippen LogP contribution in [-0.2, 0) is 9.59 Å². The Hall–Kier alpha value is -1.32. The van der Waals surface area contributed by atoms with Crippen LogP contribution in [0.3, 0.4) is 0 Å². The van der Waals surface area contributed by atoms with Crippen LogP contribution in [0.15, 0.2) is 11.6 Å². The summed E-state index contributed by atoms with van der Waals surface area (Å²) in [6, 6.07) is 0. The van der Waals surface area contributed by atoms with Crippen molar-refractivity contribution in [1.82, 2.24) is 5.32 Å². The number of carboxylic acid groups (broad SMARTS) is 1. The third-order valence-electron chi connectivity index (χ3n) is 3.77. The molecule has 0 aliphatic heterocycles. The Labute approximate surface area is 101 Å². The average Bonchev–Trinajstić information content (AvgIpc) is 2.24. The molecule has 1 saturated carbocycles. The van der Waals surface area contributed by atoms with E-state index in [0.29, 0.717) is 19.3 Å². The molecule has 0 aromatic carbocycles. The fraction of sp³-hybridized carbons (Fsp3) is 0.692. The standard InChI is InChI=1S/C13H19NO3/c15-11(9-10-5-2-1-3-6-10)14-13(12(16)17)7-4-8-13/h5H,1-4,6-9H2,(H,14,15)(H,16,17). The lowest BCUT2D eigenvalue weighted by Gasteiger charge is -2.38. The van der Waals surface area contributed by atoms with Gasteiger partial charge in [0, 0.05) is 6.42 Å². The number of carboxylic acids is 1. The molecule has 0 aromatic heterocycles. The topological polar surface area (TPSA) is 66.4 Å². The maximum Gasteiger partial charge on any atom is 0.329 e. The van der Waals surface area contributed by atoms with E-state index in [-0.39, 0.29) is 5.91 Å². The zero-order valence-corrected chi connectivity index (χ0v) is 10.00. The number of allylic oxidation sites excluding steroid dienone is 1. The summed E-state index contributed by atoms with van der Waals surface area (Å²) in [5, 5.41) is 11.8. The van der Waals surface area contributed by atoms with Crippen molar-refractivity contribution in [1.29, 1.82) is 0 Å². The van der Waals surface area contributed by atoms with Gasteiger partial charge in [0.2, 0.25) is 5.91 Å². The SMILES string of the molecule is O=C(CC1=CCCCC1)NC1(C(=O)O)CCC1. The highest BCUT2D eigenvalue weighted by Gasteiger charge is 2.45. The number of aliphatic carboxylic acids is 1. The van der Waals surface area contributed by atoms with Gasteiger partial charge in [0.05, 0.1) is 0 Å². The molecule has 0 unspecified atom stereocenters. The molecule has 2 rings (SSSR count). The number of carbonyl (C=O) groups is 2. The van der Waals surface area contributed by atoms with Crippen LogP contribution in [0.2, 0.25) is 0 Å². The molecule has 0 atom stereocenters. The highest BCUT2D eigenvalue weighted by Crippen LogP contribution is 2.32. The van der Waals surface area contributed by atoms with Crippen LogP contribution in [0.5, 0.6) is 0 Å². The van der Waals surface area contributed by atoms with E-state index in [1.165, 1.54) is 6.42 Å². The highest BCUT2D eigenvalue weighted by atomic mass is 16.4. The van der Waals surface area contributed by atoms with Crippen LogP contribution in [0.4, 0.5) is 0 Å². The predicted octanol–water partition coefficient (Wildman–Crippen LogP) is 2.00. The molecule has 1 fully saturated rings. The average molecular weight is 237 g/mol. The second kappa shape index (κ2) is 4.90. The van der Waals surface area contributed by atoms with Crippen LogP contribution >= 0.6 is 0 Å². The molecule has 94 valence electrons. The van der Waals surface area contributed by atoms with E-state index in [2.05, 4.69) is 11.4 Å². The molecule has 0 spiro atoms. The number of nitrogens with one attached hydrogen (secondary N) is 1. The monoisotopic (exact) mass is 237 g/mol. The first-order valence-corrected chi connectivity index (χ1v) is 6.35. The predicted molar refractivity (Wildman–Crippen MR) is 63.5 cm³/mol. The molecular formula is C13H19NO3. The van der Waals surface area contributed by atoms with Gasteiger partial charge in [-0.3, -0.25) is 4.79 Å². The first kappa shape index (κ1) is 12.1. The molecule has 4 nitrogen and oxygen atoms in total. The summed E-state index contributed by atoms with van der Waals surface area (Å²) in [5.74, 6) is -1.03. The van der Waals surface area contributed by atoms with Crippen LogP contribution in [0.25, 0.3) is 0 Å². The highest BCUT2D eigenvalue weighted by molar-refractivity contribution is 5.88. The summed E-state index contributed by atoms with van der Waals surface area (Å²) in [4.78, 5) is 22.9. The minimum atomic E-state index is -0.966. The minimum Gasteiger partial charge on any atom is -0.480 e. The van der Waals surface area contributed by atoms with Crippen LogP contribution in [0.1, 0.15) is 51.4 Å². The van der Waals surface area contributed by atoms with Gasteiger partial charge in [0.15, 0.2) is 0 Å². The summed E-state index contributed by atoms with van der Waals surface area (Å²) in [7, 11) is 0. The third kappa shape index (κ3) is 2.68. The Morgan fingerprint density at radius 1 is 1.29 bits per heavy atom. The van der Waals surface area contributed by atoms with Crippen molar-refractivity contribution in [2.75, 3.05) is 0 Å². The number of hydrogen-bond donors (Lipinski definition) is 2. The molecule has 2 aliphatic rings. The van der Waals surface area contributed by atoms with Gasteiger partial charge in [0.1, 0.15) is 5.54 Å². The van der Waals surface area contributed by atoms with Crippen LogP contribution < -0.4 is 5.32 Å². The molecule has 0 radical (unpaired) electrons. The molecule has 2 N–H and O–H groups in total. The lowest BCUT2D eigenvalue weighted by molar-refractivity contribution is -0.151. The van der Waals surface area contributed by atoms with E-state index in [0.717, 1.165) is 31.3 Å². The van der Waals surface area contributed by atoms with Crippen molar-refractivity contribution in [2.24, 2.45) is 0 Å². The molecule has 0 bridgehead atoms. The van der Waals surface area contributed by atoms with Crippen molar-refractivity contribution in [2.45, 2.75) is 56.9 Å². The molecule has 0 heterocycles. The lowest BCUT2D eigenvalue weighted by atomic mass is 9.76. The van der Waals surface area contributed by atoms with Gasteiger partial charge >= 0.3 is 5.97 Å². The molecule has 0 aromatic rings. The largest absolute Gasteiger partial charge is 0.480 e. The van der Waals surface area contributed by atoms with Gasteiger partial charge in [0.25, 0.3) is 0 Å². The first-order valence-electron chi connectivity index (χ1n) is 6.35. The van der Waals surface area contributed by atoms with Crippen molar-refractivity contribution in [3.63, 3.8) is 0 Å². The maximum absolute atomic E-state index is 11.8. The zero-order valence-electron chi connectivity index (χ0n) is 10.00. The lowest BCUT2D eigenvalue weighted by Crippen LogP contribution is -2.59. The van der Waals surface area contributed by atoms with E-state index in [9.17, 15) is 9.59 Å². The summed E-state index contributed by atoms with van der Waals surface area (Å²) >= 11 is 0. The van der Waals surface area contributed by atoms with Gasteiger partial charge in [-0.2, -0.15) is 0 Å². The molecule has 4 heteroatoms. The molecule has 17 heavy (non-hydrogen) atoms. The van der Waals surface area contributed by atoms with Crippen molar-refractivity contribution in [3.8, 4) is 0 Å². The Bertz CT molecular complexity index is 356. The summed E-state index contributed by atoms with van der Waals surface area (Å²) in [5.41, 5.74) is 0.195. The minimum absolute atomic E-state index is 0.139. The number of hydrogen-bond acceptors (Lipinski definition) is 2. The van der Waals surface area contributed by atoms with Gasteiger partial charge in [-0.1, -0.05) is 11.6 Å². The van der Waals surface area contributed by atoms with E-state index in [4.69, 9.17) is 5.11 Å². The Morgan fingerprint density at radius 3 is 2.53 bits per heavy atom. The van der Waals surface area contributed by atoms with E-state index >= 15 is 0 Å². The summed E-state index contributed by atoms with van der Waals surface area (Å²) in [6.07, 6.45) is 8.87. The van der Waals surface area contributed by atoms with E-state index < -0.39 is 11.5 Å². The molecule has 1 amide bonds.